The molecule has 0 aliphatic carbocycles. The highest BCUT2D eigenvalue weighted by molar-refractivity contribution is 5.85. The SMILES string of the molecule is CCOc1cccc(/C=N/Nc2ccc(C(F)(F)F)cc2[N+](=O)[O-])c1O. The number of benzene rings is 2. The van der Waals surface area contributed by atoms with E-state index in [0.717, 1.165) is 6.07 Å². The van der Waals surface area contributed by atoms with Crippen molar-refractivity contribution in [1.29, 1.82) is 0 Å². The molecule has 0 aromatic heterocycles. The molecule has 0 atom stereocenters. The van der Waals surface area contributed by atoms with Gasteiger partial charge in [0, 0.05) is 11.6 Å². The first kappa shape index (κ1) is 19.0. The first-order valence-corrected chi connectivity index (χ1v) is 7.33. The van der Waals surface area contributed by atoms with E-state index in [2.05, 4.69) is 10.5 Å². The maximum Gasteiger partial charge on any atom is 0.416 e. The van der Waals surface area contributed by atoms with Crippen molar-refractivity contribution in [2.75, 3.05) is 12.0 Å². The van der Waals surface area contributed by atoms with Gasteiger partial charge in [0.05, 0.1) is 23.3 Å². The van der Waals surface area contributed by atoms with Gasteiger partial charge in [-0.05, 0) is 31.2 Å². The van der Waals surface area contributed by atoms with Crippen molar-refractivity contribution in [2.24, 2.45) is 5.10 Å². The second kappa shape index (κ2) is 7.72. The summed E-state index contributed by atoms with van der Waals surface area (Å²) in [6.07, 6.45) is -3.53. The Labute approximate surface area is 145 Å². The van der Waals surface area contributed by atoms with Gasteiger partial charge in [0.25, 0.3) is 5.69 Å². The minimum absolute atomic E-state index is 0.179. The van der Waals surface area contributed by atoms with Crippen LogP contribution in [0.4, 0.5) is 24.5 Å². The number of nitro groups is 1. The van der Waals surface area contributed by atoms with Gasteiger partial charge in [0.15, 0.2) is 11.5 Å². The van der Waals surface area contributed by atoms with E-state index in [1.165, 1.54) is 12.3 Å². The highest BCUT2D eigenvalue weighted by Gasteiger charge is 2.33. The van der Waals surface area contributed by atoms with Crippen molar-refractivity contribution in [3.05, 3.63) is 57.6 Å². The molecule has 2 rings (SSSR count). The van der Waals surface area contributed by atoms with Crippen molar-refractivity contribution in [3.8, 4) is 11.5 Å². The number of hydrogen-bond donors (Lipinski definition) is 2. The average molecular weight is 369 g/mol. The molecule has 0 aliphatic heterocycles. The van der Waals surface area contributed by atoms with Gasteiger partial charge in [0.1, 0.15) is 5.69 Å². The number of halogens is 3. The number of phenolic OH excluding ortho intramolecular Hbond substituents is 1. The molecule has 0 spiro atoms. The molecule has 0 aliphatic rings. The fourth-order valence-corrected chi connectivity index (χ4v) is 2.04. The summed E-state index contributed by atoms with van der Waals surface area (Å²) >= 11 is 0. The molecule has 0 heterocycles. The van der Waals surface area contributed by atoms with Crippen LogP contribution >= 0.6 is 0 Å². The molecule has 0 saturated carbocycles. The zero-order chi connectivity index (χ0) is 19.3. The molecule has 0 saturated heterocycles. The summed E-state index contributed by atoms with van der Waals surface area (Å²) < 4.78 is 43.2. The highest BCUT2D eigenvalue weighted by Crippen LogP contribution is 2.35. The predicted molar refractivity (Wildman–Crippen MR) is 88.6 cm³/mol. The summed E-state index contributed by atoms with van der Waals surface area (Å²) in [6, 6.07) is 6.71. The van der Waals surface area contributed by atoms with Crippen molar-refractivity contribution in [3.63, 3.8) is 0 Å². The third-order valence-corrected chi connectivity index (χ3v) is 3.24. The summed E-state index contributed by atoms with van der Waals surface area (Å²) in [4.78, 5) is 10.1. The van der Waals surface area contributed by atoms with Crippen LogP contribution in [0.2, 0.25) is 0 Å². The second-order valence-electron chi connectivity index (χ2n) is 4.98. The number of aromatic hydroxyl groups is 1. The summed E-state index contributed by atoms with van der Waals surface area (Å²) in [6.45, 7) is 2.08. The molecular weight excluding hydrogens is 355 g/mol. The fourth-order valence-electron chi connectivity index (χ4n) is 2.04. The molecule has 0 fully saturated rings. The van der Waals surface area contributed by atoms with Gasteiger partial charge < -0.3 is 9.84 Å². The zero-order valence-electron chi connectivity index (χ0n) is 13.4. The van der Waals surface area contributed by atoms with E-state index in [0.29, 0.717) is 18.7 Å². The summed E-state index contributed by atoms with van der Waals surface area (Å²) in [7, 11) is 0. The number of para-hydroxylation sites is 1. The lowest BCUT2D eigenvalue weighted by Gasteiger charge is -2.09. The van der Waals surface area contributed by atoms with E-state index in [1.807, 2.05) is 0 Å². The number of anilines is 1. The number of nitrogens with zero attached hydrogens (tertiary/aromatic N) is 2. The standard InChI is InChI=1S/C16H14F3N3O4/c1-2-26-14-5-3-4-10(15(14)23)9-20-21-12-7-6-11(16(17,18)19)8-13(12)22(24)25/h3-9,21,23H,2H2,1H3/b20-9+. The monoisotopic (exact) mass is 369 g/mol. The van der Waals surface area contributed by atoms with Crippen LogP contribution in [0.15, 0.2) is 41.5 Å². The Balaban J connectivity index is 2.25. The third kappa shape index (κ3) is 4.41. The summed E-state index contributed by atoms with van der Waals surface area (Å²) in [5, 5.41) is 24.7. The Bertz CT molecular complexity index is 838. The number of rotatable bonds is 6. The van der Waals surface area contributed by atoms with Crippen molar-refractivity contribution < 1.29 is 27.9 Å². The molecule has 2 N–H and O–H groups in total. The maximum absolute atomic E-state index is 12.7. The van der Waals surface area contributed by atoms with Crippen LogP contribution in [0.5, 0.6) is 11.5 Å². The van der Waals surface area contributed by atoms with Crippen LogP contribution in [0.1, 0.15) is 18.1 Å². The lowest BCUT2D eigenvalue weighted by molar-refractivity contribution is -0.384. The highest BCUT2D eigenvalue weighted by atomic mass is 19.4. The van der Waals surface area contributed by atoms with Gasteiger partial charge in [-0.2, -0.15) is 18.3 Å². The molecule has 0 unspecified atom stereocenters. The van der Waals surface area contributed by atoms with Crippen LogP contribution in [0.25, 0.3) is 0 Å². The molecule has 26 heavy (non-hydrogen) atoms. The molecule has 7 nitrogen and oxygen atoms in total. The normalized spacial score (nSPS) is 11.5. The largest absolute Gasteiger partial charge is 0.504 e. The van der Waals surface area contributed by atoms with Crippen LogP contribution in [0.3, 0.4) is 0 Å². The Morgan fingerprint density at radius 1 is 1.35 bits per heavy atom. The number of phenols is 1. The van der Waals surface area contributed by atoms with Crippen LogP contribution in [-0.2, 0) is 6.18 Å². The Morgan fingerprint density at radius 3 is 2.69 bits per heavy atom. The minimum atomic E-state index is -4.70. The number of alkyl halides is 3. The molecule has 10 heteroatoms. The number of ether oxygens (including phenoxy) is 1. The van der Waals surface area contributed by atoms with Crippen LogP contribution < -0.4 is 10.2 Å². The fraction of sp³-hybridized carbons (Fsp3) is 0.188. The van der Waals surface area contributed by atoms with Crippen molar-refractivity contribution in [2.45, 2.75) is 13.1 Å². The average Bonchev–Trinajstić information content (AvgIpc) is 2.57. The van der Waals surface area contributed by atoms with Gasteiger partial charge in [-0.3, -0.25) is 15.5 Å². The Kier molecular flexibility index (Phi) is 5.65. The Morgan fingerprint density at radius 2 is 2.08 bits per heavy atom. The lowest BCUT2D eigenvalue weighted by Crippen LogP contribution is -2.06. The number of hydrogen-bond acceptors (Lipinski definition) is 6. The van der Waals surface area contributed by atoms with Gasteiger partial charge in [-0.15, -0.1) is 0 Å². The van der Waals surface area contributed by atoms with E-state index in [9.17, 15) is 28.4 Å². The van der Waals surface area contributed by atoms with E-state index < -0.39 is 22.4 Å². The van der Waals surface area contributed by atoms with E-state index >= 15 is 0 Å². The maximum atomic E-state index is 12.7. The van der Waals surface area contributed by atoms with Gasteiger partial charge in [-0.1, -0.05) is 6.07 Å². The van der Waals surface area contributed by atoms with E-state index in [4.69, 9.17) is 4.74 Å². The predicted octanol–water partition coefficient (Wildman–Crippen LogP) is 4.16. The summed E-state index contributed by atoms with van der Waals surface area (Å²) in [5.41, 5.74) is 0.436. The molecule has 0 amide bonds. The lowest BCUT2D eigenvalue weighted by atomic mass is 10.1. The second-order valence-corrected chi connectivity index (χ2v) is 4.98. The van der Waals surface area contributed by atoms with Gasteiger partial charge in [-0.25, -0.2) is 0 Å². The zero-order valence-corrected chi connectivity index (χ0v) is 13.4. The molecule has 2 aromatic rings. The van der Waals surface area contributed by atoms with Crippen LogP contribution in [0, 0.1) is 10.1 Å². The number of nitrogens with one attached hydrogen (secondary N) is 1. The first-order valence-electron chi connectivity index (χ1n) is 7.33. The topological polar surface area (TPSA) is 97.0 Å². The summed E-state index contributed by atoms with van der Waals surface area (Å²) in [5.74, 6) is 0.0544. The molecule has 138 valence electrons. The molecule has 0 radical (unpaired) electrons. The van der Waals surface area contributed by atoms with E-state index in [1.54, 1.807) is 19.1 Å². The minimum Gasteiger partial charge on any atom is -0.504 e. The molecule has 2 aromatic carbocycles. The van der Waals surface area contributed by atoms with Gasteiger partial charge >= 0.3 is 6.18 Å². The van der Waals surface area contributed by atoms with Gasteiger partial charge in [0.2, 0.25) is 0 Å². The Hall–Kier alpha value is -3.30. The quantitative estimate of drug-likeness (QED) is 0.453. The first-order chi connectivity index (χ1) is 12.2. The number of hydrazone groups is 1. The smallest absolute Gasteiger partial charge is 0.416 e. The van der Waals surface area contributed by atoms with E-state index in [-0.39, 0.29) is 22.7 Å². The van der Waals surface area contributed by atoms with Crippen molar-refractivity contribution >= 4 is 17.6 Å². The van der Waals surface area contributed by atoms with Crippen LogP contribution in [-0.4, -0.2) is 22.9 Å². The third-order valence-electron chi connectivity index (χ3n) is 3.24. The molecule has 0 bridgehead atoms. The number of nitro benzene ring substituents is 1. The molecular formula is C16H14F3N3O4. The van der Waals surface area contributed by atoms with Crippen molar-refractivity contribution in [1.82, 2.24) is 0 Å².